The summed E-state index contributed by atoms with van der Waals surface area (Å²) >= 11 is 0. The number of anilines is 1. The number of hydrogen-bond donors (Lipinski definition) is 3. The molecular formula is C26H27N3O2. The topological polar surface area (TPSA) is 77.8 Å². The summed E-state index contributed by atoms with van der Waals surface area (Å²) < 4.78 is 0. The average molecular weight is 414 g/mol. The van der Waals surface area contributed by atoms with Crippen molar-refractivity contribution >= 4 is 16.5 Å². The quantitative estimate of drug-likeness (QED) is 0.432. The average Bonchev–Trinajstić information content (AvgIpc) is 2.72. The minimum Gasteiger partial charge on any atom is -0.388 e. The van der Waals surface area contributed by atoms with Gasteiger partial charge >= 0.3 is 5.69 Å². The minimum absolute atomic E-state index is 0.109. The zero-order valence-electron chi connectivity index (χ0n) is 18.5. The van der Waals surface area contributed by atoms with Crippen LogP contribution in [0.5, 0.6) is 0 Å². The van der Waals surface area contributed by atoms with Gasteiger partial charge in [0.05, 0.1) is 5.56 Å². The van der Waals surface area contributed by atoms with Gasteiger partial charge in [0, 0.05) is 18.9 Å². The number of H-pyrrole nitrogens is 2. The van der Waals surface area contributed by atoms with Gasteiger partial charge in [0.1, 0.15) is 0 Å². The van der Waals surface area contributed by atoms with Gasteiger partial charge in [-0.1, -0.05) is 45.0 Å². The van der Waals surface area contributed by atoms with E-state index in [2.05, 4.69) is 85.4 Å². The fourth-order valence-corrected chi connectivity index (χ4v) is 4.14. The number of rotatable bonds is 3. The van der Waals surface area contributed by atoms with Crippen LogP contribution in [0.4, 0.5) is 5.69 Å². The van der Waals surface area contributed by atoms with Crippen molar-refractivity contribution in [3.8, 4) is 22.3 Å². The van der Waals surface area contributed by atoms with Crippen molar-refractivity contribution in [3.63, 3.8) is 0 Å². The highest BCUT2D eigenvalue weighted by Crippen LogP contribution is 2.37. The lowest BCUT2D eigenvalue weighted by atomic mass is 9.79. The Morgan fingerprint density at radius 1 is 0.839 bits per heavy atom. The van der Waals surface area contributed by atoms with Crippen molar-refractivity contribution in [2.24, 2.45) is 0 Å². The molecule has 0 radical (unpaired) electrons. The van der Waals surface area contributed by atoms with Gasteiger partial charge in [0.2, 0.25) is 0 Å². The summed E-state index contributed by atoms with van der Waals surface area (Å²) in [7, 11) is 1.91. The summed E-state index contributed by atoms with van der Waals surface area (Å²) in [6.45, 7) is 8.63. The molecule has 3 N–H and O–H groups in total. The Hall–Kier alpha value is -3.60. The molecule has 0 unspecified atom stereocenters. The van der Waals surface area contributed by atoms with E-state index < -0.39 is 11.2 Å². The number of nitrogens with one attached hydrogen (secondary N) is 3. The first-order valence-electron chi connectivity index (χ1n) is 10.4. The molecule has 4 rings (SSSR count). The summed E-state index contributed by atoms with van der Waals surface area (Å²) in [5.41, 5.74) is 5.82. The second-order valence-corrected chi connectivity index (χ2v) is 8.96. The lowest BCUT2D eigenvalue weighted by Crippen LogP contribution is -2.23. The van der Waals surface area contributed by atoms with Gasteiger partial charge in [-0.3, -0.25) is 9.78 Å². The first kappa shape index (κ1) is 20.7. The molecule has 5 nitrogen and oxygen atoms in total. The van der Waals surface area contributed by atoms with Crippen molar-refractivity contribution in [2.75, 3.05) is 12.4 Å². The Labute approximate surface area is 181 Å². The summed E-state index contributed by atoms with van der Waals surface area (Å²) in [6, 6.07) is 16.8. The van der Waals surface area contributed by atoms with Gasteiger partial charge < -0.3 is 10.3 Å². The van der Waals surface area contributed by atoms with Gasteiger partial charge in [-0.25, -0.2) is 4.79 Å². The van der Waals surface area contributed by atoms with E-state index >= 15 is 0 Å². The third kappa shape index (κ3) is 3.91. The van der Waals surface area contributed by atoms with Crippen molar-refractivity contribution in [2.45, 2.75) is 33.1 Å². The largest absolute Gasteiger partial charge is 0.388 e. The molecule has 0 aliphatic carbocycles. The molecular weight excluding hydrogens is 386 g/mol. The number of hydrogen-bond acceptors (Lipinski definition) is 3. The van der Waals surface area contributed by atoms with Gasteiger partial charge in [-0.2, -0.15) is 0 Å². The molecule has 3 aromatic carbocycles. The van der Waals surface area contributed by atoms with Crippen LogP contribution in [0.1, 0.15) is 31.9 Å². The zero-order chi connectivity index (χ0) is 22.3. The zero-order valence-corrected chi connectivity index (χ0v) is 18.5. The molecule has 158 valence electrons. The lowest BCUT2D eigenvalue weighted by Gasteiger charge is -2.25. The fourth-order valence-electron chi connectivity index (χ4n) is 4.14. The summed E-state index contributed by atoms with van der Waals surface area (Å²) in [5, 5.41) is 5.49. The SMILES string of the molecule is CNc1ccc2cc(-c3cc(-c4c[nH]c(=O)[nH]c4=O)cc(C(C)(C)C)c3C)ccc2c1. The van der Waals surface area contributed by atoms with Crippen LogP contribution >= 0.6 is 0 Å². The standard InChI is InChI=1S/C26H27N3O2/c1-15-21(18-7-6-17-11-20(27-5)9-8-16(17)10-18)12-19(13-23(15)26(2,3)4)22-14-28-25(31)29-24(22)30/h6-14,27H,1-5H3,(H2,28,29,30,31). The highest BCUT2D eigenvalue weighted by molar-refractivity contribution is 5.91. The van der Waals surface area contributed by atoms with Crippen LogP contribution in [-0.4, -0.2) is 17.0 Å². The van der Waals surface area contributed by atoms with E-state index in [1.54, 1.807) is 0 Å². The highest BCUT2D eigenvalue weighted by Gasteiger charge is 2.21. The van der Waals surface area contributed by atoms with E-state index in [9.17, 15) is 9.59 Å². The van der Waals surface area contributed by atoms with Crippen LogP contribution in [0.15, 0.2) is 64.3 Å². The molecule has 0 aliphatic heterocycles. The van der Waals surface area contributed by atoms with E-state index in [1.807, 2.05) is 13.1 Å². The van der Waals surface area contributed by atoms with Crippen molar-refractivity contribution in [1.82, 2.24) is 9.97 Å². The van der Waals surface area contributed by atoms with Gasteiger partial charge in [-0.15, -0.1) is 0 Å². The molecule has 31 heavy (non-hydrogen) atoms. The van der Waals surface area contributed by atoms with Crippen LogP contribution in [-0.2, 0) is 5.41 Å². The Balaban J connectivity index is 1.97. The second kappa shape index (κ2) is 7.58. The maximum Gasteiger partial charge on any atom is 0.325 e. The molecule has 0 bridgehead atoms. The second-order valence-electron chi connectivity index (χ2n) is 8.96. The van der Waals surface area contributed by atoms with Crippen LogP contribution in [0.3, 0.4) is 0 Å². The molecule has 4 aromatic rings. The Morgan fingerprint density at radius 2 is 1.55 bits per heavy atom. The third-order valence-electron chi connectivity index (χ3n) is 5.79. The summed E-state index contributed by atoms with van der Waals surface area (Å²) in [5.74, 6) is 0. The first-order valence-corrected chi connectivity index (χ1v) is 10.4. The Kier molecular flexibility index (Phi) is 5.05. The number of benzene rings is 3. The molecule has 0 saturated heterocycles. The van der Waals surface area contributed by atoms with Crippen molar-refractivity contribution in [1.29, 1.82) is 0 Å². The van der Waals surface area contributed by atoms with Gasteiger partial charge in [-0.05, 0) is 75.2 Å². The van der Waals surface area contributed by atoms with E-state index in [-0.39, 0.29) is 5.41 Å². The van der Waals surface area contributed by atoms with E-state index in [0.717, 1.165) is 38.7 Å². The van der Waals surface area contributed by atoms with Crippen molar-refractivity contribution < 1.29 is 0 Å². The number of fused-ring (bicyclic) bond motifs is 1. The molecule has 1 heterocycles. The predicted molar refractivity (Wildman–Crippen MR) is 129 cm³/mol. The summed E-state index contributed by atoms with van der Waals surface area (Å²) in [6.07, 6.45) is 1.49. The molecule has 0 fully saturated rings. The maximum atomic E-state index is 12.5. The molecule has 0 saturated carbocycles. The molecule has 0 amide bonds. The van der Waals surface area contributed by atoms with E-state index in [4.69, 9.17) is 0 Å². The monoisotopic (exact) mass is 413 g/mol. The smallest absolute Gasteiger partial charge is 0.325 e. The maximum absolute atomic E-state index is 12.5. The van der Waals surface area contributed by atoms with Crippen LogP contribution in [0, 0.1) is 6.92 Å². The normalized spacial score (nSPS) is 11.6. The molecule has 0 spiro atoms. The van der Waals surface area contributed by atoms with E-state index in [0.29, 0.717) is 5.56 Å². The van der Waals surface area contributed by atoms with Crippen molar-refractivity contribution in [3.05, 3.63) is 86.7 Å². The minimum atomic E-state index is -0.507. The van der Waals surface area contributed by atoms with Gasteiger partial charge in [0.25, 0.3) is 5.56 Å². The number of aromatic nitrogens is 2. The molecule has 5 heteroatoms. The van der Waals surface area contributed by atoms with Gasteiger partial charge in [0.15, 0.2) is 0 Å². The van der Waals surface area contributed by atoms with E-state index in [1.165, 1.54) is 11.8 Å². The first-order chi connectivity index (χ1) is 14.7. The summed E-state index contributed by atoms with van der Waals surface area (Å²) in [4.78, 5) is 28.9. The fraction of sp³-hybridized carbons (Fsp3) is 0.231. The molecule has 1 aromatic heterocycles. The Bertz CT molecular complexity index is 1410. The van der Waals surface area contributed by atoms with Crippen LogP contribution in [0.2, 0.25) is 0 Å². The molecule has 0 atom stereocenters. The lowest BCUT2D eigenvalue weighted by molar-refractivity contribution is 0.586. The Morgan fingerprint density at radius 3 is 2.23 bits per heavy atom. The van der Waals surface area contributed by atoms with Crippen LogP contribution in [0.25, 0.3) is 33.0 Å². The highest BCUT2D eigenvalue weighted by atomic mass is 16.2. The van der Waals surface area contributed by atoms with Crippen LogP contribution < -0.4 is 16.6 Å². The number of aromatic amines is 2. The third-order valence-corrected chi connectivity index (χ3v) is 5.79. The molecule has 0 aliphatic rings. The predicted octanol–water partition coefficient (Wildman–Crippen LogP) is 5.20.